The highest BCUT2D eigenvalue weighted by molar-refractivity contribution is 5.79. The van der Waals surface area contributed by atoms with E-state index < -0.39 is 0 Å². The monoisotopic (exact) mass is 236 g/mol. The highest BCUT2D eigenvalue weighted by Gasteiger charge is 2.17. The van der Waals surface area contributed by atoms with Gasteiger partial charge in [-0.15, -0.1) is 0 Å². The third kappa shape index (κ3) is 2.47. The molecule has 3 nitrogen and oxygen atoms in total. The minimum Gasteiger partial charge on any atom is -0.356 e. The van der Waals surface area contributed by atoms with Crippen LogP contribution in [0.3, 0.4) is 0 Å². The summed E-state index contributed by atoms with van der Waals surface area (Å²) < 4.78 is 18.2. The Bertz CT molecular complexity index is 495. The van der Waals surface area contributed by atoms with Crippen LogP contribution in [0.25, 0.3) is 11.0 Å². The Morgan fingerprint density at radius 1 is 1.47 bits per heavy atom. The minimum absolute atomic E-state index is 0.288. The van der Waals surface area contributed by atoms with Gasteiger partial charge in [-0.05, 0) is 38.6 Å². The number of halogens is 1. The second-order valence-electron chi connectivity index (χ2n) is 4.21. The van der Waals surface area contributed by atoms with Gasteiger partial charge >= 0.3 is 0 Å². The molecule has 1 N–H and O–H groups in total. The van der Waals surface area contributed by atoms with Crippen LogP contribution in [0, 0.1) is 5.82 Å². The topological polar surface area (TPSA) is 38.1 Å². The van der Waals surface area contributed by atoms with E-state index in [1.54, 1.807) is 6.07 Å². The molecule has 0 bridgehead atoms. The van der Waals surface area contributed by atoms with Gasteiger partial charge in [-0.3, -0.25) is 0 Å². The molecule has 1 atom stereocenters. The maximum absolute atomic E-state index is 13.0. The summed E-state index contributed by atoms with van der Waals surface area (Å²) in [5.41, 5.74) is 1.47. The lowest BCUT2D eigenvalue weighted by Crippen LogP contribution is -2.12. The predicted octanol–water partition coefficient (Wildman–Crippen LogP) is 3.07. The molecule has 2 rings (SSSR count). The molecule has 1 unspecified atom stereocenters. The lowest BCUT2D eigenvalue weighted by Gasteiger charge is -2.11. The summed E-state index contributed by atoms with van der Waals surface area (Å²) in [6, 6.07) is 4.59. The van der Waals surface area contributed by atoms with Crippen LogP contribution >= 0.6 is 0 Å². The lowest BCUT2D eigenvalue weighted by atomic mass is 9.96. The van der Waals surface area contributed by atoms with Crippen molar-refractivity contribution in [3.8, 4) is 0 Å². The molecule has 0 saturated heterocycles. The van der Waals surface area contributed by atoms with E-state index in [9.17, 15) is 4.39 Å². The van der Waals surface area contributed by atoms with Gasteiger partial charge in [0.1, 0.15) is 5.82 Å². The predicted molar refractivity (Wildman–Crippen MR) is 65.5 cm³/mol. The van der Waals surface area contributed by atoms with E-state index >= 15 is 0 Å². The molecule has 4 heteroatoms. The summed E-state index contributed by atoms with van der Waals surface area (Å²) in [7, 11) is 1.93. The Morgan fingerprint density at radius 2 is 2.29 bits per heavy atom. The largest absolute Gasteiger partial charge is 0.356 e. The molecule has 0 spiro atoms. The standard InChI is InChI=1S/C13H17FN2O/c1-3-9(6-7-15-2)13-11-5-4-10(14)8-12(11)17-16-13/h4-5,8-9,15H,3,6-7H2,1-2H3. The number of aromatic nitrogens is 1. The van der Waals surface area contributed by atoms with E-state index in [-0.39, 0.29) is 5.82 Å². The number of rotatable bonds is 5. The van der Waals surface area contributed by atoms with Crippen LogP contribution in [0.1, 0.15) is 31.4 Å². The molecule has 1 aromatic carbocycles. The summed E-state index contributed by atoms with van der Waals surface area (Å²) in [4.78, 5) is 0. The summed E-state index contributed by atoms with van der Waals surface area (Å²) >= 11 is 0. The summed E-state index contributed by atoms with van der Waals surface area (Å²) in [5, 5.41) is 8.15. The first kappa shape index (κ1) is 12.0. The van der Waals surface area contributed by atoms with E-state index in [4.69, 9.17) is 4.52 Å². The fourth-order valence-corrected chi connectivity index (χ4v) is 2.08. The molecule has 2 aromatic rings. The Labute approximate surface area is 100.0 Å². The molecular formula is C13H17FN2O. The van der Waals surface area contributed by atoms with Crippen molar-refractivity contribution in [2.24, 2.45) is 0 Å². The maximum atomic E-state index is 13.0. The van der Waals surface area contributed by atoms with E-state index in [1.807, 2.05) is 7.05 Å². The second-order valence-corrected chi connectivity index (χ2v) is 4.21. The van der Waals surface area contributed by atoms with Crippen LogP contribution in [0.4, 0.5) is 4.39 Å². The maximum Gasteiger partial charge on any atom is 0.170 e. The minimum atomic E-state index is -0.288. The number of benzene rings is 1. The van der Waals surface area contributed by atoms with E-state index in [1.165, 1.54) is 12.1 Å². The Hall–Kier alpha value is -1.42. The molecule has 0 saturated carbocycles. The molecule has 0 radical (unpaired) electrons. The van der Waals surface area contributed by atoms with Crippen LogP contribution in [-0.2, 0) is 0 Å². The fourth-order valence-electron chi connectivity index (χ4n) is 2.08. The number of nitrogens with zero attached hydrogens (tertiary/aromatic N) is 1. The first-order chi connectivity index (χ1) is 8.26. The number of nitrogens with one attached hydrogen (secondary N) is 1. The third-order valence-corrected chi connectivity index (χ3v) is 3.08. The van der Waals surface area contributed by atoms with Crippen molar-refractivity contribution < 1.29 is 8.91 Å². The molecule has 0 fully saturated rings. The van der Waals surface area contributed by atoms with E-state index in [0.717, 1.165) is 30.5 Å². The number of hydrogen-bond donors (Lipinski definition) is 1. The average molecular weight is 236 g/mol. The number of fused-ring (bicyclic) bond motifs is 1. The van der Waals surface area contributed by atoms with Gasteiger partial charge in [0.15, 0.2) is 5.58 Å². The molecule has 0 aliphatic heterocycles. The molecular weight excluding hydrogens is 219 g/mol. The van der Waals surface area contributed by atoms with Crippen molar-refractivity contribution in [3.05, 3.63) is 29.7 Å². The molecule has 0 amide bonds. The van der Waals surface area contributed by atoms with E-state index in [0.29, 0.717) is 11.5 Å². The number of hydrogen-bond acceptors (Lipinski definition) is 3. The van der Waals surface area contributed by atoms with Crippen molar-refractivity contribution in [2.45, 2.75) is 25.7 Å². The molecule has 0 aliphatic rings. The van der Waals surface area contributed by atoms with Gasteiger partial charge in [-0.1, -0.05) is 12.1 Å². The van der Waals surface area contributed by atoms with Gasteiger partial charge in [-0.25, -0.2) is 4.39 Å². The van der Waals surface area contributed by atoms with Crippen molar-refractivity contribution in [3.63, 3.8) is 0 Å². The highest BCUT2D eigenvalue weighted by Crippen LogP contribution is 2.29. The van der Waals surface area contributed by atoms with Crippen LogP contribution < -0.4 is 5.32 Å². The Balaban J connectivity index is 2.33. The first-order valence-electron chi connectivity index (χ1n) is 5.95. The zero-order chi connectivity index (χ0) is 12.3. The summed E-state index contributed by atoms with van der Waals surface area (Å²) in [6.07, 6.45) is 2.01. The van der Waals surface area contributed by atoms with Gasteiger partial charge < -0.3 is 9.84 Å². The van der Waals surface area contributed by atoms with Crippen molar-refractivity contribution in [1.29, 1.82) is 0 Å². The Kier molecular flexibility index (Phi) is 3.74. The van der Waals surface area contributed by atoms with Crippen molar-refractivity contribution in [1.82, 2.24) is 10.5 Å². The zero-order valence-electron chi connectivity index (χ0n) is 10.2. The molecule has 17 heavy (non-hydrogen) atoms. The Morgan fingerprint density at radius 3 is 3.00 bits per heavy atom. The molecule has 0 aliphatic carbocycles. The van der Waals surface area contributed by atoms with Gasteiger partial charge in [0.25, 0.3) is 0 Å². The van der Waals surface area contributed by atoms with Crippen LogP contribution in [0.5, 0.6) is 0 Å². The summed E-state index contributed by atoms with van der Waals surface area (Å²) in [5.74, 6) is 0.0673. The lowest BCUT2D eigenvalue weighted by molar-refractivity contribution is 0.428. The molecule has 1 aromatic heterocycles. The van der Waals surface area contributed by atoms with Gasteiger partial charge in [0.05, 0.1) is 5.69 Å². The first-order valence-corrected chi connectivity index (χ1v) is 5.95. The van der Waals surface area contributed by atoms with E-state index in [2.05, 4.69) is 17.4 Å². The smallest absolute Gasteiger partial charge is 0.170 e. The third-order valence-electron chi connectivity index (χ3n) is 3.08. The second kappa shape index (κ2) is 5.27. The normalized spacial score (nSPS) is 13.1. The van der Waals surface area contributed by atoms with Gasteiger partial charge in [0.2, 0.25) is 0 Å². The average Bonchev–Trinajstić information content (AvgIpc) is 2.73. The van der Waals surface area contributed by atoms with Gasteiger partial charge in [0, 0.05) is 17.4 Å². The highest BCUT2D eigenvalue weighted by atomic mass is 19.1. The molecule has 1 heterocycles. The van der Waals surface area contributed by atoms with Crippen LogP contribution in [-0.4, -0.2) is 18.7 Å². The SMILES string of the molecule is CCC(CCNC)c1noc2cc(F)ccc12. The van der Waals surface area contributed by atoms with Crippen LogP contribution in [0.15, 0.2) is 22.7 Å². The van der Waals surface area contributed by atoms with Crippen molar-refractivity contribution in [2.75, 3.05) is 13.6 Å². The molecule has 92 valence electrons. The van der Waals surface area contributed by atoms with Crippen molar-refractivity contribution >= 4 is 11.0 Å². The summed E-state index contributed by atoms with van der Waals surface area (Å²) in [6.45, 7) is 3.07. The zero-order valence-corrected chi connectivity index (χ0v) is 10.2. The van der Waals surface area contributed by atoms with Gasteiger partial charge in [-0.2, -0.15) is 0 Å². The fraction of sp³-hybridized carbons (Fsp3) is 0.462. The quantitative estimate of drug-likeness (QED) is 0.867. The van der Waals surface area contributed by atoms with Crippen LogP contribution in [0.2, 0.25) is 0 Å².